The van der Waals surface area contributed by atoms with Crippen LogP contribution in [-0.2, 0) is 0 Å². The van der Waals surface area contributed by atoms with Gasteiger partial charge in [-0.25, -0.2) is 0 Å². The van der Waals surface area contributed by atoms with Gasteiger partial charge in [-0.3, -0.25) is 9.98 Å². The van der Waals surface area contributed by atoms with E-state index in [2.05, 4.69) is 23.3 Å². The molecule has 1 aromatic carbocycles. The lowest BCUT2D eigenvalue weighted by atomic mass is 10.1. The Kier molecular flexibility index (Phi) is 2.57. The third kappa shape index (κ3) is 1.34. The van der Waals surface area contributed by atoms with Crippen molar-refractivity contribution < 1.29 is 0 Å². The fourth-order valence-corrected chi connectivity index (χ4v) is 2.11. The van der Waals surface area contributed by atoms with E-state index in [1.54, 1.807) is 6.21 Å². The highest BCUT2D eigenvalue weighted by atomic mass is 14.8. The summed E-state index contributed by atoms with van der Waals surface area (Å²) in [6.07, 6.45) is 1.78. The molecule has 0 atom stereocenters. The fraction of sp³-hybridized carbons (Fsp3) is 0.143. The van der Waals surface area contributed by atoms with Crippen LogP contribution in [0.2, 0.25) is 0 Å². The minimum absolute atomic E-state index is 0.858. The van der Waals surface area contributed by atoms with Gasteiger partial charge in [0.25, 0.3) is 0 Å². The molecule has 0 N–H and O–H groups in total. The average molecular weight is 210 g/mol. The van der Waals surface area contributed by atoms with Crippen LogP contribution in [0.3, 0.4) is 0 Å². The molecule has 1 aliphatic rings. The van der Waals surface area contributed by atoms with Gasteiger partial charge in [0.05, 0.1) is 11.4 Å². The summed E-state index contributed by atoms with van der Waals surface area (Å²) in [6.45, 7) is 11.6. The molecule has 1 aromatic rings. The van der Waals surface area contributed by atoms with E-state index in [9.17, 15) is 0 Å². The maximum Gasteiger partial charge on any atom is 0.0960 e. The van der Waals surface area contributed by atoms with Crippen LogP contribution in [0.1, 0.15) is 19.4 Å². The lowest BCUT2D eigenvalue weighted by Crippen LogP contribution is -2.26. The van der Waals surface area contributed by atoms with Crippen molar-refractivity contribution in [3.05, 3.63) is 39.9 Å². The van der Waals surface area contributed by atoms with Crippen LogP contribution in [0.5, 0.6) is 0 Å². The molecule has 2 heteroatoms. The van der Waals surface area contributed by atoms with Crippen molar-refractivity contribution in [1.29, 1.82) is 0 Å². The summed E-state index contributed by atoms with van der Waals surface area (Å²) in [6, 6.07) is 6.02. The lowest BCUT2D eigenvalue weighted by Gasteiger charge is -1.98. The normalized spacial score (nSPS) is 14.8. The first-order chi connectivity index (χ1) is 7.70. The molecule has 0 saturated carbocycles. The number of fused-ring (bicyclic) bond motifs is 1. The Morgan fingerprint density at radius 1 is 1.25 bits per heavy atom. The summed E-state index contributed by atoms with van der Waals surface area (Å²) in [5.74, 6) is 0. The smallest absolute Gasteiger partial charge is 0.0960 e. The van der Waals surface area contributed by atoms with Crippen LogP contribution in [0, 0.1) is 0 Å². The first-order valence-corrected chi connectivity index (χ1v) is 5.20. The van der Waals surface area contributed by atoms with Crippen molar-refractivity contribution in [2.75, 3.05) is 0 Å². The van der Waals surface area contributed by atoms with Crippen LogP contribution >= 0.6 is 0 Å². The standard InChI is InChI=1S/C14H14N2/c1-5-16-13-10(3)12-9(2)7-6-8-11(12)14(13)15-4/h5-8H,2,4H2,1,3H3. The highest BCUT2D eigenvalue weighted by Crippen LogP contribution is 2.28. The number of benzene rings is 1. The molecule has 2 nitrogen and oxygen atoms in total. The lowest BCUT2D eigenvalue weighted by molar-refractivity contribution is 1.40. The molecular formula is C14H14N2. The minimum Gasteiger partial charge on any atom is -0.262 e. The van der Waals surface area contributed by atoms with E-state index >= 15 is 0 Å². The van der Waals surface area contributed by atoms with Crippen molar-refractivity contribution in [2.24, 2.45) is 9.98 Å². The number of hydrogen-bond acceptors (Lipinski definition) is 2. The van der Waals surface area contributed by atoms with Gasteiger partial charge in [0.15, 0.2) is 0 Å². The van der Waals surface area contributed by atoms with Crippen molar-refractivity contribution in [1.82, 2.24) is 0 Å². The van der Waals surface area contributed by atoms with Crippen molar-refractivity contribution in [3.8, 4) is 0 Å². The molecule has 0 amide bonds. The SMILES string of the molecule is C=NC1=C(N=CC)C(C)=c2c1cccc2=C. The minimum atomic E-state index is 0.858. The van der Waals surface area contributed by atoms with E-state index in [0.717, 1.165) is 33.0 Å². The summed E-state index contributed by atoms with van der Waals surface area (Å²) < 4.78 is 0. The molecule has 2 rings (SSSR count). The molecule has 0 aliphatic heterocycles. The molecule has 0 fully saturated rings. The zero-order valence-electron chi connectivity index (χ0n) is 9.62. The second kappa shape index (κ2) is 3.89. The third-order valence-corrected chi connectivity index (χ3v) is 2.78. The Morgan fingerprint density at radius 3 is 2.62 bits per heavy atom. The molecule has 0 aromatic heterocycles. The van der Waals surface area contributed by atoms with E-state index < -0.39 is 0 Å². The van der Waals surface area contributed by atoms with Gasteiger partial charge in [-0.2, -0.15) is 0 Å². The van der Waals surface area contributed by atoms with Crippen molar-refractivity contribution in [2.45, 2.75) is 13.8 Å². The van der Waals surface area contributed by atoms with Gasteiger partial charge in [0.1, 0.15) is 0 Å². The molecule has 80 valence electrons. The van der Waals surface area contributed by atoms with Crippen molar-refractivity contribution >= 4 is 30.8 Å². The van der Waals surface area contributed by atoms with E-state index in [4.69, 9.17) is 0 Å². The summed E-state index contributed by atoms with van der Waals surface area (Å²) in [5.41, 5.74) is 3.97. The maximum atomic E-state index is 4.37. The molecule has 16 heavy (non-hydrogen) atoms. The largest absolute Gasteiger partial charge is 0.262 e. The van der Waals surface area contributed by atoms with Gasteiger partial charge in [-0.1, -0.05) is 24.8 Å². The van der Waals surface area contributed by atoms with Crippen LogP contribution in [-0.4, -0.2) is 12.9 Å². The topological polar surface area (TPSA) is 24.7 Å². The van der Waals surface area contributed by atoms with Gasteiger partial charge in [0.2, 0.25) is 0 Å². The van der Waals surface area contributed by atoms with E-state index in [-0.39, 0.29) is 0 Å². The molecule has 0 saturated heterocycles. The van der Waals surface area contributed by atoms with Gasteiger partial charge in [0, 0.05) is 11.8 Å². The monoisotopic (exact) mass is 210 g/mol. The van der Waals surface area contributed by atoms with E-state index in [1.807, 2.05) is 32.0 Å². The number of allylic oxidation sites excluding steroid dienone is 1. The highest BCUT2D eigenvalue weighted by Gasteiger charge is 2.18. The number of hydrogen-bond donors (Lipinski definition) is 0. The molecule has 1 aliphatic carbocycles. The van der Waals surface area contributed by atoms with Crippen LogP contribution in [0.25, 0.3) is 17.8 Å². The van der Waals surface area contributed by atoms with Crippen molar-refractivity contribution in [3.63, 3.8) is 0 Å². The third-order valence-electron chi connectivity index (χ3n) is 2.78. The highest BCUT2D eigenvalue weighted by molar-refractivity contribution is 5.90. The van der Waals surface area contributed by atoms with E-state index in [1.165, 1.54) is 0 Å². The molecule has 0 unspecified atom stereocenters. The Balaban J connectivity index is 2.89. The predicted octanol–water partition coefficient (Wildman–Crippen LogP) is 1.74. The Hall–Kier alpha value is -1.96. The van der Waals surface area contributed by atoms with Gasteiger partial charge in [-0.15, -0.1) is 0 Å². The zero-order valence-corrected chi connectivity index (χ0v) is 9.62. The van der Waals surface area contributed by atoms with Crippen LogP contribution in [0.15, 0.2) is 33.9 Å². The zero-order chi connectivity index (χ0) is 11.7. The Morgan fingerprint density at radius 2 is 2.00 bits per heavy atom. The summed E-state index contributed by atoms with van der Waals surface area (Å²) in [7, 11) is 0. The number of aliphatic imine (C=N–C) groups is 2. The summed E-state index contributed by atoms with van der Waals surface area (Å²) in [4.78, 5) is 8.46. The molecule has 0 spiro atoms. The maximum absolute atomic E-state index is 4.37. The summed E-state index contributed by atoms with van der Waals surface area (Å²) >= 11 is 0. The van der Waals surface area contributed by atoms with E-state index in [0.29, 0.717) is 0 Å². The second-order valence-corrected chi connectivity index (χ2v) is 3.71. The number of nitrogens with zero attached hydrogens (tertiary/aromatic N) is 2. The first-order valence-electron chi connectivity index (χ1n) is 5.20. The van der Waals surface area contributed by atoms with Crippen LogP contribution < -0.4 is 10.4 Å². The number of rotatable bonds is 2. The summed E-state index contributed by atoms with van der Waals surface area (Å²) in [5, 5.41) is 2.16. The second-order valence-electron chi connectivity index (χ2n) is 3.71. The fourth-order valence-electron chi connectivity index (χ4n) is 2.11. The van der Waals surface area contributed by atoms with Gasteiger partial charge >= 0.3 is 0 Å². The Bertz CT molecular complexity index is 619. The van der Waals surface area contributed by atoms with Crippen LogP contribution in [0.4, 0.5) is 0 Å². The molecule has 0 radical (unpaired) electrons. The molecular weight excluding hydrogens is 196 g/mol. The molecule has 0 bridgehead atoms. The average Bonchev–Trinajstić information content (AvgIpc) is 2.54. The van der Waals surface area contributed by atoms with Gasteiger partial charge in [-0.05, 0) is 36.6 Å². The quantitative estimate of drug-likeness (QED) is 0.664. The molecule has 0 heterocycles. The van der Waals surface area contributed by atoms with Gasteiger partial charge < -0.3 is 0 Å². The Labute approximate surface area is 95.1 Å². The first kappa shape index (κ1) is 10.6. The predicted molar refractivity (Wildman–Crippen MR) is 70.9 cm³/mol.